The fourth-order valence-electron chi connectivity index (χ4n) is 4.40. The van der Waals surface area contributed by atoms with Gasteiger partial charge in [0.05, 0.1) is 11.1 Å². The first-order valence-electron chi connectivity index (χ1n) is 9.91. The van der Waals surface area contributed by atoms with Crippen molar-refractivity contribution in [3.63, 3.8) is 0 Å². The second-order valence-electron chi connectivity index (χ2n) is 7.73. The van der Waals surface area contributed by atoms with Crippen LogP contribution in [0.1, 0.15) is 53.6 Å². The zero-order valence-corrected chi connectivity index (χ0v) is 16.4. The summed E-state index contributed by atoms with van der Waals surface area (Å²) < 4.78 is 12.1. The molecule has 2 heterocycles. The number of hydrogen-bond acceptors (Lipinski definition) is 4. The van der Waals surface area contributed by atoms with Crippen molar-refractivity contribution in [2.24, 2.45) is 0 Å². The zero-order chi connectivity index (χ0) is 19.1. The van der Waals surface area contributed by atoms with Gasteiger partial charge in [-0.1, -0.05) is 43.0 Å². The van der Waals surface area contributed by atoms with Gasteiger partial charge in [0, 0.05) is 17.6 Å². The van der Waals surface area contributed by atoms with Crippen LogP contribution in [0.15, 0.2) is 42.2 Å². The lowest BCUT2D eigenvalue weighted by molar-refractivity contribution is 0.0394. The van der Waals surface area contributed by atoms with E-state index in [1.807, 2.05) is 36.4 Å². The molecule has 5 heteroatoms. The molecule has 2 aliphatic heterocycles. The first-order chi connectivity index (χ1) is 13.7. The number of allylic oxidation sites excluding steroid dienone is 1. The first kappa shape index (κ1) is 17.8. The summed E-state index contributed by atoms with van der Waals surface area (Å²) in [5.74, 6) is 1.71. The number of ether oxygens (including phenoxy) is 2. The third kappa shape index (κ3) is 3.21. The van der Waals surface area contributed by atoms with Crippen LogP contribution in [0.3, 0.4) is 0 Å². The molecule has 0 spiro atoms. The van der Waals surface area contributed by atoms with Gasteiger partial charge in [-0.2, -0.15) is 0 Å². The number of benzene rings is 2. The summed E-state index contributed by atoms with van der Waals surface area (Å²) in [4.78, 5) is 15.3. The van der Waals surface area contributed by atoms with Gasteiger partial charge in [0.25, 0.3) is 0 Å². The zero-order valence-electron chi connectivity index (χ0n) is 15.6. The maximum atomic E-state index is 12.9. The van der Waals surface area contributed by atoms with Crippen LogP contribution < -0.4 is 9.47 Å². The Morgan fingerprint density at radius 2 is 1.96 bits per heavy atom. The number of carbonyl (C=O) groups is 1. The maximum Gasteiger partial charge on any atom is 0.231 e. The molecular formula is C23H22ClNO3. The van der Waals surface area contributed by atoms with Gasteiger partial charge < -0.3 is 9.47 Å². The predicted octanol–water partition coefficient (Wildman–Crippen LogP) is 5.44. The van der Waals surface area contributed by atoms with E-state index in [2.05, 4.69) is 4.90 Å². The van der Waals surface area contributed by atoms with E-state index in [0.29, 0.717) is 34.9 Å². The molecule has 3 aliphatic rings. The van der Waals surface area contributed by atoms with Gasteiger partial charge in [-0.3, -0.25) is 9.69 Å². The quantitative estimate of drug-likeness (QED) is 0.634. The molecule has 144 valence electrons. The Morgan fingerprint density at radius 1 is 1.11 bits per heavy atom. The lowest BCUT2D eigenvalue weighted by Gasteiger charge is -2.37. The average molecular weight is 396 g/mol. The molecule has 0 unspecified atom stereocenters. The summed E-state index contributed by atoms with van der Waals surface area (Å²) in [6, 6.07) is 11.7. The first-order valence-corrected chi connectivity index (χ1v) is 10.3. The molecule has 0 atom stereocenters. The molecule has 4 nitrogen and oxygen atoms in total. The number of hydrogen-bond donors (Lipinski definition) is 0. The smallest absolute Gasteiger partial charge is 0.231 e. The topological polar surface area (TPSA) is 38.8 Å². The van der Waals surface area contributed by atoms with Crippen molar-refractivity contribution in [2.45, 2.75) is 44.7 Å². The minimum Gasteiger partial charge on any atom is -0.478 e. The molecule has 0 aromatic heterocycles. The summed E-state index contributed by atoms with van der Waals surface area (Å²) in [6.45, 7) is 1.37. The molecule has 0 bridgehead atoms. The highest BCUT2D eigenvalue weighted by Gasteiger charge is 2.35. The van der Waals surface area contributed by atoms with E-state index in [1.165, 1.54) is 32.1 Å². The number of rotatable bonds is 2. The van der Waals surface area contributed by atoms with E-state index in [4.69, 9.17) is 21.1 Å². The molecule has 0 radical (unpaired) electrons. The highest BCUT2D eigenvalue weighted by molar-refractivity contribution is 6.30. The predicted molar refractivity (Wildman–Crippen MR) is 109 cm³/mol. The minimum atomic E-state index is -0.0902. The normalized spacial score (nSPS) is 21.2. The van der Waals surface area contributed by atoms with Crippen molar-refractivity contribution in [3.05, 3.63) is 63.9 Å². The Balaban J connectivity index is 1.45. The number of carbonyl (C=O) groups excluding carboxylic acids is 1. The third-order valence-corrected chi connectivity index (χ3v) is 6.12. The Morgan fingerprint density at radius 3 is 2.79 bits per heavy atom. The average Bonchev–Trinajstić information content (AvgIpc) is 3.04. The Bertz CT molecular complexity index is 962. The molecule has 0 N–H and O–H groups in total. The standard InChI is InChI=1S/C23H22ClNO3/c24-16-6-4-5-15(11-16)12-21-22(26)18-9-10-20-19(23(18)28-21)13-25(14-27-20)17-7-2-1-3-8-17/h4-6,9-12,17H,1-3,7-8,13-14H2/b21-12+. The number of fused-ring (bicyclic) bond motifs is 3. The SMILES string of the molecule is O=C1/C(=C\c2cccc(Cl)c2)Oc2c1ccc1c2CN(C2CCCCC2)CO1. The maximum absolute atomic E-state index is 12.9. The summed E-state index contributed by atoms with van der Waals surface area (Å²) in [7, 11) is 0. The lowest BCUT2D eigenvalue weighted by atomic mass is 9.93. The van der Waals surface area contributed by atoms with Gasteiger partial charge in [-0.15, -0.1) is 0 Å². The van der Waals surface area contributed by atoms with Gasteiger partial charge in [-0.25, -0.2) is 0 Å². The van der Waals surface area contributed by atoms with E-state index < -0.39 is 0 Å². The van der Waals surface area contributed by atoms with E-state index >= 15 is 0 Å². The number of nitrogens with zero attached hydrogens (tertiary/aromatic N) is 1. The van der Waals surface area contributed by atoms with Crippen molar-refractivity contribution in [1.82, 2.24) is 4.90 Å². The van der Waals surface area contributed by atoms with Crippen molar-refractivity contribution < 1.29 is 14.3 Å². The second-order valence-corrected chi connectivity index (χ2v) is 8.16. The van der Waals surface area contributed by atoms with Gasteiger partial charge in [0.1, 0.15) is 18.2 Å². The monoisotopic (exact) mass is 395 g/mol. The molecular weight excluding hydrogens is 374 g/mol. The van der Waals surface area contributed by atoms with Crippen LogP contribution in [0, 0.1) is 0 Å². The van der Waals surface area contributed by atoms with Gasteiger partial charge in [0.15, 0.2) is 5.76 Å². The Labute approximate surface area is 169 Å². The summed E-state index contributed by atoms with van der Waals surface area (Å²) in [5, 5.41) is 0.631. The molecule has 0 saturated heterocycles. The minimum absolute atomic E-state index is 0.0902. The molecule has 28 heavy (non-hydrogen) atoms. The van der Waals surface area contributed by atoms with Crippen LogP contribution in [0.25, 0.3) is 6.08 Å². The van der Waals surface area contributed by atoms with Gasteiger partial charge in [0.2, 0.25) is 5.78 Å². The van der Waals surface area contributed by atoms with Crippen LogP contribution in [-0.2, 0) is 6.54 Å². The van der Waals surface area contributed by atoms with Crippen LogP contribution in [0.4, 0.5) is 0 Å². The molecule has 2 aromatic rings. The van der Waals surface area contributed by atoms with Crippen molar-refractivity contribution in [2.75, 3.05) is 6.73 Å². The van der Waals surface area contributed by atoms with Crippen molar-refractivity contribution >= 4 is 23.5 Å². The van der Waals surface area contributed by atoms with Crippen molar-refractivity contribution in [1.29, 1.82) is 0 Å². The van der Waals surface area contributed by atoms with Gasteiger partial charge >= 0.3 is 0 Å². The Hall–Kier alpha value is -2.30. The number of halogens is 1. The van der Waals surface area contributed by atoms with E-state index in [-0.39, 0.29) is 5.78 Å². The molecule has 5 rings (SSSR count). The molecule has 1 saturated carbocycles. The van der Waals surface area contributed by atoms with Crippen LogP contribution >= 0.6 is 11.6 Å². The van der Waals surface area contributed by atoms with Crippen LogP contribution in [-0.4, -0.2) is 23.5 Å². The van der Waals surface area contributed by atoms with Crippen LogP contribution in [0.5, 0.6) is 11.5 Å². The molecule has 2 aromatic carbocycles. The lowest BCUT2D eigenvalue weighted by Crippen LogP contribution is -2.41. The van der Waals surface area contributed by atoms with E-state index in [1.54, 1.807) is 6.08 Å². The summed E-state index contributed by atoms with van der Waals surface area (Å²) in [6.07, 6.45) is 8.07. The van der Waals surface area contributed by atoms with Gasteiger partial charge in [-0.05, 0) is 48.7 Å². The molecule has 1 fully saturated rings. The van der Waals surface area contributed by atoms with Crippen molar-refractivity contribution in [3.8, 4) is 11.5 Å². The third-order valence-electron chi connectivity index (χ3n) is 5.88. The number of ketones is 1. The van der Waals surface area contributed by atoms with Crippen LogP contribution in [0.2, 0.25) is 5.02 Å². The fraction of sp³-hybridized carbons (Fsp3) is 0.348. The van der Waals surface area contributed by atoms with E-state index in [9.17, 15) is 4.79 Å². The molecule has 0 amide bonds. The fourth-order valence-corrected chi connectivity index (χ4v) is 4.60. The number of Topliss-reactive ketones (excluding diaryl/α,β-unsaturated/α-hetero) is 1. The highest BCUT2D eigenvalue weighted by Crippen LogP contribution is 2.43. The highest BCUT2D eigenvalue weighted by atomic mass is 35.5. The largest absolute Gasteiger partial charge is 0.478 e. The summed E-state index contributed by atoms with van der Waals surface area (Å²) >= 11 is 6.06. The molecule has 1 aliphatic carbocycles. The Kier molecular flexibility index (Phi) is 4.61. The second kappa shape index (κ2) is 7.26. The van der Waals surface area contributed by atoms with E-state index in [0.717, 1.165) is 23.4 Å². The summed E-state index contributed by atoms with van der Waals surface area (Å²) in [5.41, 5.74) is 2.44.